The van der Waals surface area contributed by atoms with Crippen molar-refractivity contribution in [3.05, 3.63) is 45.0 Å². The van der Waals surface area contributed by atoms with Crippen molar-refractivity contribution in [2.75, 3.05) is 0 Å². The number of allylic oxidation sites excluding steroid dienone is 2. The van der Waals surface area contributed by atoms with E-state index in [2.05, 4.69) is 0 Å². The van der Waals surface area contributed by atoms with E-state index in [1.165, 1.54) is 48.8 Å². The van der Waals surface area contributed by atoms with E-state index < -0.39 is 0 Å². The summed E-state index contributed by atoms with van der Waals surface area (Å²) in [6.45, 7) is 0. The zero-order valence-corrected chi connectivity index (χ0v) is 10.4. The summed E-state index contributed by atoms with van der Waals surface area (Å²) in [5.74, 6) is 0. The SMILES string of the molecule is O=[N+]([O-])c1ccc2c(c1)CC1=C2CCCCCC1. The molecular formula is C15H17NO2. The van der Waals surface area contributed by atoms with Crippen LogP contribution in [0.2, 0.25) is 0 Å². The molecule has 0 bridgehead atoms. The van der Waals surface area contributed by atoms with Crippen molar-refractivity contribution in [1.29, 1.82) is 0 Å². The molecule has 0 heterocycles. The molecule has 0 unspecified atom stereocenters. The molecule has 18 heavy (non-hydrogen) atoms. The Bertz CT molecular complexity index is 531. The minimum absolute atomic E-state index is 0.226. The third kappa shape index (κ3) is 1.94. The summed E-state index contributed by atoms with van der Waals surface area (Å²) in [5, 5.41) is 10.8. The van der Waals surface area contributed by atoms with E-state index in [1.54, 1.807) is 12.1 Å². The number of nitro groups is 1. The number of nitrogens with zero attached hydrogens (tertiary/aromatic N) is 1. The molecule has 0 amide bonds. The highest BCUT2D eigenvalue weighted by molar-refractivity contribution is 5.77. The molecule has 0 fully saturated rings. The minimum atomic E-state index is -0.296. The fourth-order valence-corrected chi connectivity index (χ4v) is 3.21. The second-order valence-corrected chi connectivity index (χ2v) is 5.27. The molecule has 0 spiro atoms. The quantitative estimate of drug-likeness (QED) is 0.546. The van der Waals surface area contributed by atoms with Crippen LogP contribution in [0.15, 0.2) is 23.8 Å². The third-order valence-electron chi connectivity index (χ3n) is 4.11. The molecule has 0 aliphatic heterocycles. The van der Waals surface area contributed by atoms with Crippen molar-refractivity contribution in [1.82, 2.24) is 0 Å². The first-order chi connectivity index (χ1) is 8.75. The Morgan fingerprint density at radius 2 is 1.83 bits per heavy atom. The van der Waals surface area contributed by atoms with Crippen molar-refractivity contribution in [3.63, 3.8) is 0 Å². The summed E-state index contributed by atoms with van der Waals surface area (Å²) in [6, 6.07) is 5.37. The fourth-order valence-electron chi connectivity index (χ4n) is 3.21. The molecule has 1 aromatic rings. The number of non-ortho nitro benzene ring substituents is 1. The van der Waals surface area contributed by atoms with Crippen LogP contribution in [-0.2, 0) is 6.42 Å². The summed E-state index contributed by atoms with van der Waals surface area (Å²) < 4.78 is 0. The van der Waals surface area contributed by atoms with Gasteiger partial charge in [0.15, 0.2) is 0 Å². The fraction of sp³-hybridized carbons (Fsp3) is 0.467. The van der Waals surface area contributed by atoms with Gasteiger partial charge in [0.2, 0.25) is 0 Å². The van der Waals surface area contributed by atoms with Crippen LogP contribution < -0.4 is 0 Å². The van der Waals surface area contributed by atoms with Gasteiger partial charge < -0.3 is 0 Å². The number of nitro benzene ring substituents is 1. The van der Waals surface area contributed by atoms with Crippen molar-refractivity contribution in [3.8, 4) is 0 Å². The van der Waals surface area contributed by atoms with E-state index in [-0.39, 0.29) is 10.6 Å². The van der Waals surface area contributed by atoms with E-state index in [9.17, 15) is 10.1 Å². The van der Waals surface area contributed by atoms with E-state index in [0.717, 1.165) is 18.4 Å². The second-order valence-electron chi connectivity index (χ2n) is 5.27. The maximum atomic E-state index is 10.8. The van der Waals surface area contributed by atoms with Gasteiger partial charge in [0.05, 0.1) is 4.92 Å². The van der Waals surface area contributed by atoms with Gasteiger partial charge in [0.25, 0.3) is 5.69 Å². The first-order valence-corrected chi connectivity index (χ1v) is 6.74. The van der Waals surface area contributed by atoms with Gasteiger partial charge in [0, 0.05) is 12.1 Å². The lowest BCUT2D eigenvalue weighted by Crippen LogP contribution is -1.92. The highest BCUT2D eigenvalue weighted by atomic mass is 16.6. The Kier molecular flexibility index (Phi) is 2.90. The number of hydrogen-bond donors (Lipinski definition) is 0. The monoisotopic (exact) mass is 243 g/mol. The predicted octanol–water partition coefficient (Wildman–Crippen LogP) is 4.26. The number of hydrogen-bond acceptors (Lipinski definition) is 2. The predicted molar refractivity (Wildman–Crippen MR) is 71.4 cm³/mol. The molecule has 0 aromatic heterocycles. The van der Waals surface area contributed by atoms with Crippen LogP contribution >= 0.6 is 0 Å². The van der Waals surface area contributed by atoms with Crippen LogP contribution in [0.4, 0.5) is 5.69 Å². The highest BCUT2D eigenvalue weighted by Gasteiger charge is 2.23. The molecule has 3 rings (SSSR count). The number of fused-ring (bicyclic) bond motifs is 2. The topological polar surface area (TPSA) is 43.1 Å². The summed E-state index contributed by atoms with van der Waals surface area (Å²) >= 11 is 0. The Morgan fingerprint density at radius 1 is 1.06 bits per heavy atom. The van der Waals surface area contributed by atoms with Gasteiger partial charge in [-0.15, -0.1) is 0 Å². The average molecular weight is 243 g/mol. The van der Waals surface area contributed by atoms with Gasteiger partial charge in [-0.2, -0.15) is 0 Å². The van der Waals surface area contributed by atoms with Gasteiger partial charge >= 0.3 is 0 Å². The molecule has 0 radical (unpaired) electrons. The zero-order chi connectivity index (χ0) is 12.5. The van der Waals surface area contributed by atoms with Gasteiger partial charge in [-0.05, 0) is 54.9 Å². The maximum Gasteiger partial charge on any atom is 0.269 e. The zero-order valence-electron chi connectivity index (χ0n) is 10.4. The van der Waals surface area contributed by atoms with Crippen LogP contribution in [-0.4, -0.2) is 4.92 Å². The van der Waals surface area contributed by atoms with Gasteiger partial charge in [-0.3, -0.25) is 10.1 Å². The molecule has 1 aromatic carbocycles. The molecule has 0 N–H and O–H groups in total. The maximum absolute atomic E-state index is 10.8. The molecule has 0 saturated heterocycles. The van der Waals surface area contributed by atoms with E-state index in [4.69, 9.17) is 0 Å². The Labute approximate surface area is 107 Å². The minimum Gasteiger partial charge on any atom is -0.258 e. The first kappa shape index (κ1) is 11.5. The molecule has 2 aliphatic carbocycles. The largest absolute Gasteiger partial charge is 0.269 e. The average Bonchev–Trinajstić information content (AvgIpc) is 2.65. The van der Waals surface area contributed by atoms with Crippen LogP contribution in [0.25, 0.3) is 5.57 Å². The standard InChI is InChI=1S/C15H17NO2/c17-16(18)13-7-8-15-12(10-13)9-11-5-3-1-2-4-6-14(11)15/h7-8,10H,1-6,9H2. The molecule has 2 aliphatic rings. The summed E-state index contributed by atoms with van der Waals surface area (Å²) in [5.41, 5.74) is 5.68. The van der Waals surface area contributed by atoms with E-state index >= 15 is 0 Å². The number of rotatable bonds is 1. The molecule has 3 nitrogen and oxygen atoms in total. The van der Waals surface area contributed by atoms with Crippen molar-refractivity contribution < 1.29 is 4.92 Å². The number of benzene rings is 1. The van der Waals surface area contributed by atoms with E-state index in [0.29, 0.717) is 0 Å². The second kappa shape index (κ2) is 4.56. The van der Waals surface area contributed by atoms with Gasteiger partial charge in [-0.25, -0.2) is 0 Å². The van der Waals surface area contributed by atoms with Gasteiger partial charge in [-0.1, -0.05) is 18.4 Å². The van der Waals surface area contributed by atoms with Crippen LogP contribution in [0, 0.1) is 10.1 Å². The van der Waals surface area contributed by atoms with Crippen molar-refractivity contribution in [2.45, 2.75) is 44.9 Å². The lowest BCUT2D eigenvalue weighted by Gasteiger charge is -2.12. The van der Waals surface area contributed by atoms with Gasteiger partial charge in [0.1, 0.15) is 0 Å². The summed E-state index contributed by atoms with van der Waals surface area (Å²) in [7, 11) is 0. The van der Waals surface area contributed by atoms with Crippen LogP contribution in [0.5, 0.6) is 0 Å². The van der Waals surface area contributed by atoms with Crippen LogP contribution in [0.1, 0.15) is 49.7 Å². The Morgan fingerprint density at radius 3 is 2.61 bits per heavy atom. The highest BCUT2D eigenvalue weighted by Crippen LogP contribution is 2.40. The molecule has 94 valence electrons. The van der Waals surface area contributed by atoms with Crippen molar-refractivity contribution >= 4 is 11.3 Å². The van der Waals surface area contributed by atoms with Crippen LogP contribution in [0.3, 0.4) is 0 Å². The smallest absolute Gasteiger partial charge is 0.258 e. The summed E-state index contributed by atoms with van der Waals surface area (Å²) in [6.07, 6.45) is 8.45. The molecule has 0 atom stereocenters. The lowest BCUT2D eigenvalue weighted by molar-refractivity contribution is -0.384. The molecule has 3 heteroatoms. The summed E-state index contributed by atoms with van der Waals surface area (Å²) in [4.78, 5) is 10.5. The van der Waals surface area contributed by atoms with Crippen molar-refractivity contribution in [2.24, 2.45) is 0 Å². The molecular weight excluding hydrogens is 226 g/mol. The third-order valence-corrected chi connectivity index (χ3v) is 4.11. The normalized spacial score (nSPS) is 18.9. The Balaban J connectivity index is 1.97. The lowest BCUT2D eigenvalue weighted by atomic mass is 9.93. The first-order valence-electron chi connectivity index (χ1n) is 6.74. The Hall–Kier alpha value is -1.64. The van der Waals surface area contributed by atoms with E-state index in [1.807, 2.05) is 6.07 Å². The molecule has 0 saturated carbocycles.